The Morgan fingerprint density at radius 3 is 1.34 bits per heavy atom. The molecule has 8 rings (SSSR count). The van der Waals surface area contributed by atoms with Crippen LogP contribution in [0.5, 0.6) is 11.5 Å². The Morgan fingerprint density at radius 2 is 0.945 bits per heavy atom. The normalized spacial score (nSPS) is 23.7. The summed E-state index contributed by atoms with van der Waals surface area (Å²) in [6.07, 6.45) is 15.6. The van der Waals surface area contributed by atoms with Crippen LogP contribution >= 0.6 is 0 Å². The molecule has 0 unspecified atom stereocenters. The minimum absolute atomic E-state index is 0.0583. The fraction of sp³-hybridized carbons (Fsp3) is 0.679. The van der Waals surface area contributed by atoms with Crippen LogP contribution in [0.4, 0.5) is 0 Å². The lowest BCUT2D eigenvalue weighted by atomic mass is 9.83. The van der Waals surface area contributed by atoms with E-state index in [0.29, 0.717) is 52.4 Å². The van der Waals surface area contributed by atoms with Gasteiger partial charge in [0.1, 0.15) is 48.9 Å². The van der Waals surface area contributed by atoms with Crippen molar-refractivity contribution in [3.63, 3.8) is 0 Å². The molecule has 2 aromatic carbocycles. The smallest absolute Gasteiger partial charge is 0.246 e. The molecule has 400 valence electrons. The molecule has 6 N–H and O–H groups in total. The fourth-order valence-electron chi connectivity index (χ4n) is 12.4. The molecule has 0 bridgehead atoms. The van der Waals surface area contributed by atoms with Crippen molar-refractivity contribution in [2.75, 3.05) is 53.6 Å². The van der Waals surface area contributed by atoms with Crippen LogP contribution in [-0.4, -0.2) is 135 Å². The average molecular weight is 1010 g/mol. The lowest BCUT2D eigenvalue weighted by Crippen LogP contribution is -2.58. The van der Waals surface area contributed by atoms with Crippen LogP contribution < -0.4 is 41.4 Å². The number of likely N-dealkylation sites (tertiary alicyclic amines) is 2. The second-order valence-corrected chi connectivity index (χ2v) is 21.3. The van der Waals surface area contributed by atoms with Crippen LogP contribution in [-0.2, 0) is 46.3 Å². The van der Waals surface area contributed by atoms with E-state index in [1.54, 1.807) is 37.7 Å². The summed E-state index contributed by atoms with van der Waals surface area (Å²) in [7, 11) is 3.46. The lowest BCUT2D eigenvalue weighted by Gasteiger charge is -2.35. The highest BCUT2D eigenvalue weighted by atomic mass is 16.5. The zero-order chi connectivity index (χ0) is 51.4. The van der Waals surface area contributed by atoms with E-state index in [9.17, 15) is 28.8 Å². The van der Waals surface area contributed by atoms with E-state index < -0.39 is 36.3 Å². The molecule has 8 atom stereocenters. The average Bonchev–Trinajstić information content (AvgIpc) is 4.27. The molecular formula is C56H82N8O9. The summed E-state index contributed by atoms with van der Waals surface area (Å²) in [5.74, 6) is 0.649. The van der Waals surface area contributed by atoms with Crippen LogP contribution in [0.3, 0.4) is 0 Å². The van der Waals surface area contributed by atoms with E-state index in [0.717, 1.165) is 136 Å². The number of carbonyl (C=O) groups is 6. The van der Waals surface area contributed by atoms with Gasteiger partial charge >= 0.3 is 0 Å². The van der Waals surface area contributed by atoms with E-state index in [1.165, 1.54) is 0 Å². The van der Waals surface area contributed by atoms with E-state index in [-0.39, 0.29) is 59.4 Å². The maximum Gasteiger partial charge on any atom is 0.246 e. The number of hydrogen-bond donors (Lipinski definition) is 6. The van der Waals surface area contributed by atoms with Gasteiger partial charge in [0.05, 0.1) is 37.4 Å². The number of ether oxygens (including phenoxy) is 3. The number of amides is 6. The number of fused-ring (bicyclic) bond motifs is 2. The van der Waals surface area contributed by atoms with Crippen LogP contribution in [0.25, 0.3) is 0 Å². The van der Waals surface area contributed by atoms with E-state index >= 15 is 0 Å². The summed E-state index contributed by atoms with van der Waals surface area (Å²) < 4.78 is 18.4. The number of hydrogen-bond acceptors (Lipinski definition) is 11. The van der Waals surface area contributed by atoms with Crippen LogP contribution in [0.1, 0.15) is 151 Å². The first kappa shape index (κ1) is 54.0. The first-order valence-electron chi connectivity index (χ1n) is 27.7. The highest BCUT2D eigenvalue weighted by Gasteiger charge is 2.44. The van der Waals surface area contributed by atoms with Crippen molar-refractivity contribution in [2.24, 2.45) is 11.8 Å². The van der Waals surface area contributed by atoms with Crippen molar-refractivity contribution in [3.8, 4) is 11.5 Å². The molecule has 17 heteroatoms. The van der Waals surface area contributed by atoms with Crippen molar-refractivity contribution in [1.82, 2.24) is 41.7 Å². The Balaban J connectivity index is 0.780. The minimum Gasteiger partial charge on any atom is -0.491 e. The third-order valence-corrected chi connectivity index (χ3v) is 16.8. The predicted molar refractivity (Wildman–Crippen MR) is 277 cm³/mol. The maximum absolute atomic E-state index is 14.2. The van der Waals surface area contributed by atoms with Gasteiger partial charge in [-0.05, 0) is 151 Å². The van der Waals surface area contributed by atoms with Crippen LogP contribution in [0.2, 0.25) is 0 Å². The molecule has 17 nitrogen and oxygen atoms in total. The van der Waals surface area contributed by atoms with Gasteiger partial charge in [-0.1, -0.05) is 62.8 Å². The fourth-order valence-corrected chi connectivity index (χ4v) is 12.4. The zero-order valence-electron chi connectivity index (χ0n) is 43.8. The van der Waals surface area contributed by atoms with Gasteiger partial charge < -0.3 is 55.9 Å². The molecule has 2 aliphatic heterocycles. The van der Waals surface area contributed by atoms with E-state index in [2.05, 4.69) is 31.9 Å². The Kier molecular flexibility index (Phi) is 19.1. The molecule has 6 aliphatic rings. The molecule has 4 fully saturated rings. The third kappa shape index (κ3) is 13.0. The number of carbonyl (C=O) groups excluding carboxylic acids is 6. The highest BCUT2D eigenvalue weighted by molar-refractivity contribution is 5.95. The molecule has 2 heterocycles. The quantitative estimate of drug-likeness (QED) is 0.0892. The van der Waals surface area contributed by atoms with Crippen molar-refractivity contribution < 1.29 is 43.0 Å². The Hall–Kier alpha value is -5.26. The summed E-state index contributed by atoms with van der Waals surface area (Å²) >= 11 is 0. The van der Waals surface area contributed by atoms with Crippen LogP contribution in [0, 0.1) is 11.8 Å². The third-order valence-electron chi connectivity index (χ3n) is 16.8. The maximum atomic E-state index is 14.2. The minimum atomic E-state index is -0.641. The van der Waals surface area contributed by atoms with Crippen molar-refractivity contribution in [2.45, 2.75) is 178 Å². The Morgan fingerprint density at radius 1 is 0.534 bits per heavy atom. The first-order chi connectivity index (χ1) is 35.5. The summed E-state index contributed by atoms with van der Waals surface area (Å²) in [5, 5.41) is 18.6. The highest BCUT2D eigenvalue weighted by Crippen LogP contribution is 2.39. The number of nitrogens with zero attached hydrogens (tertiary/aromatic N) is 2. The van der Waals surface area contributed by atoms with Crippen LogP contribution in [0.15, 0.2) is 36.4 Å². The molecule has 0 spiro atoms. The number of likely N-dealkylation sites (N-methyl/N-ethyl adjacent to an activating group) is 2. The molecule has 2 saturated heterocycles. The number of benzene rings is 2. The van der Waals surface area contributed by atoms with Gasteiger partial charge in [-0.3, -0.25) is 28.8 Å². The van der Waals surface area contributed by atoms with Gasteiger partial charge in [0, 0.05) is 13.1 Å². The number of nitrogens with one attached hydrogen (secondary N) is 6. The largest absolute Gasteiger partial charge is 0.491 e. The van der Waals surface area contributed by atoms with Gasteiger partial charge in [0.15, 0.2) is 0 Å². The molecular weight excluding hydrogens is 929 g/mol. The van der Waals surface area contributed by atoms with E-state index in [4.69, 9.17) is 14.2 Å². The molecule has 2 aromatic rings. The summed E-state index contributed by atoms with van der Waals surface area (Å²) in [5.41, 5.74) is 4.19. The lowest BCUT2D eigenvalue weighted by molar-refractivity contribution is -0.143. The van der Waals surface area contributed by atoms with Crippen molar-refractivity contribution in [3.05, 3.63) is 58.7 Å². The van der Waals surface area contributed by atoms with Gasteiger partial charge in [-0.25, -0.2) is 0 Å². The molecule has 0 radical (unpaired) electrons. The Labute approximate surface area is 432 Å². The number of rotatable bonds is 22. The topological polar surface area (TPSA) is 209 Å². The van der Waals surface area contributed by atoms with Crippen molar-refractivity contribution >= 4 is 35.4 Å². The summed E-state index contributed by atoms with van der Waals surface area (Å²) in [4.78, 5) is 85.8. The zero-order valence-corrected chi connectivity index (χ0v) is 43.8. The molecule has 4 aliphatic carbocycles. The van der Waals surface area contributed by atoms with E-state index in [1.807, 2.05) is 36.4 Å². The second-order valence-electron chi connectivity index (χ2n) is 21.3. The SMILES string of the molecule is CN[C@@H](C)C(=O)N[C@H](C(=O)N1CCC[C@H]1C(=O)N[C@@H]1CCc2c(OCCOCCOc3cccc4c3CC[C@H]4NC(=O)[C@@H]3CCCN3C(=O)[C@@H](NC(=O)[C@H](C)NC)C3CCCCC3)cccc21)C1CCCCC1. The first-order valence-corrected chi connectivity index (χ1v) is 27.7. The molecule has 73 heavy (non-hydrogen) atoms. The molecule has 0 aromatic heterocycles. The predicted octanol–water partition coefficient (Wildman–Crippen LogP) is 4.70. The standard InChI is InChI=1S/C56H82N8O9/c1-35(57-3)51(65)61-49(37-15-7-5-8-16-37)55(69)63-29-13-21-45(63)53(67)59-43-27-25-41-39(43)19-11-23-47(41)72-33-31-71-32-34-73-48-24-12-20-40-42(48)26-28-44(40)60-54(68)46-22-14-30-64(46)56(70)50(38-17-9-6-10-18-38)62-52(66)36(2)58-4/h11-12,19-20,23-24,35-38,43-46,49-50,57-58H,5-10,13-18,21-22,25-34H2,1-4H3,(H,59,67)(H,60,68)(H,61,65)(H,62,66)/t35-,36-,43+,44+,45-,46-,49-,50-/m0/s1. The second kappa shape index (κ2) is 25.8. The molecule has 2 saturated carbocycles. The van der Waals surface area contributed by atoms with Gasteiger partial charge in [-0.2, -0.15) is 0 Å². The molecule has 6 amide bonds. The van der Waals surface area contributed by atoms with Gasteiger partial charge in [0.2, 0.25) is 35.4 Å². The van der Waals surface area contributed by atoms with Gasteiger partial charge in [-0.15, -0.1) is 0 Å². The monoisotopic (exact) mass is 1010 g/mol. The van der Waals surface area contributed by atoms with Crippen molar-refractivity contribution in [1.29, 1.82) is 0 Å². The summed E-state index contributed by atoms with van der Waals surface area (Å²) in [6, 6.07) is 8.19. The Bertz CT molecular complexity index is 2100. The van der Waals surface area contributed by atoms with Gasteiger partial charge in [0.25, 0.3) is 0 Å². The summed E-state index contributed by atoms with van der Waals surface area (Å²) in [6.45, 7) is 5.97.